The first-order chi connectivity index (χ1) is 15.2. The molecule has 31 heavy (non-hydrogen) atoms. The molecular weight excluding hydrogens is 380 g/mol. The lowest BCUT2D eigenvalue weighted by molar-refractivity contribution is -0.172. The second-order valence-electron chi connectivity index (χ2n) is 11.5. The van der Waals surface area contributed by atoms with Crippen molar-refractivity contribution in [1.29, 1.82) is 0 Å². The highest BCUT2D eigenvalue weighted by Gasteiger charge is 2.57. The van der Waals surface area contributed by atoms with Gasteiger partial charge in [0, 0.05) is 0 Å². The van der Waals surface area contributed by atoms with Crippen molar-refractivity contribution in [3.63, 3.8) is 0 Å². The van der Waals surface area contributed by atoms with Crippen LogP contribution in [0.3, 0.4) is 0 Å². The van der Waals surface area contributed by atoms with Crippen molar-refractivity contribution in [3.8, 4) is 0 Å². The van der Waals surface area contributed by atoms with Gasteiger partial charge in [0.15, 0.2) is 0 Å². The molecule has 3 fully saturated rings. The highest BCUT2D eigenvalue weighted by molar-refractivity contribution is 5.78. The van der Waals surface area contributed by atoms with Gasteiger partial charge in [0.05, 0.1) is 12.5 Å². The lowest BCUT2D eigenvalue weighted by Crippen LogP contribution is -2.51. The molecule has 0 radical (unpaired) electrons. The average Bonchev–Trinajstić information content (AvgIpc) is 2.84. The van der Waals surface area contributed by atoms with Gasteiger partial charge in [-0.3, -0.25) is 4.79 Å². The molecule has 3 saturated carbocycles. The van der Waals surface area contributed by atoms with E-state index in [1.807, 2.05) is 0 Å². The number of hydrogen-bond acceptors (Lipinski definition) is 2. The van der Waals surface area contributed by atoms with Gasteiger partial charge in [0.1, 0.15) is 0 Å². The van der Waals surface area contributed by atoms with Gasteiger partial charge in [0.2, 0.25) is 0 Å². The van der Waals surface area contributed by atoms with Crippen LogP contribution in [-0.4, -0.2) is 13.1 Å². The largest absolute Gasteiger partial charge is 0.469 e. The second-order valence-corrected chi connectivity index (χ2v) is 11.5. The lowest BCUT2D eigenvalue weighted by atomic mass is 9.49. The van der Waals surface area contributed by atoms with E-state index in [1.165, 1.54) is 128 Å². The molecule has 3 aliphatic carbocycles. The molecule has 2 heteroatoms. The number of carbonyl (C=O) groups is 1. The molecule has 0 amide bonds. The maximum absolute atomic E-state index is 13.4. The molecule has 0 aromatic rings. The van der Waals surface area contributed by atoms with E-state index in [4.69, 9.17) is 4.74 Å². The number of ether oxygens (including phenoxy) is 1. The normalized spacial score (nSPS) is 29.5. The molecule has 0 aromatic heterocycles. The minimum Gasteiger partial charge on any atom is -0.469 e. The van der Waals surface area contributed by atoms with E-state index in [9.17, 15) is 4.79 Å². The van der Waals surface area contributed by atoms with Crippen LogP contribution in [0.15, 0.2) is 0 Å². The van der Waals surface area contributed by atoms with E-state index < -0.39 is 0 Å². The van der Waals surface area contributed by atoms with Crippen LogP contribution in [0.1, 0.15) is 148 Å². The number of hydrogen-bond donors (Lipinski definition) is 0. The molecule has 2 nitrogen and oxygen atoms in total. The summed E-state index contributed by atoms with van der Waals surface area (Å²) in [6.07, 6.45) is 29.4. The number of unbranched alkanes of at least 4 members (excludes halogenated alkanes) is 6. The standard InChI is InChI=1S/C29H52O2/c1-3-4-5-6-7-8-13-20-28(29(27(30)31-2)21-14-10-15-22-29)23-18-26(19-24-28)25-16-11-9-12-17-25/h25-26H,3-24H2,1-2H3. The zero-order valence-electron chi connectivity index (χ0n) is 21.0. The summed E-state index contributed by atoms with van der Waals surface area (Å²) < 4.78 is 5.55. The van der Waals surface area contributed by atoms with E-state index in [-0.39, 0.29) is 16.8 Å². The van der Waals surface area contributed by atoms with Crippen molar-refractivity contribution in [1.82, 2.24) is 0 Å². The number of esters is 1. The van der Waals surface area contributed by atoms with Crippen LogP contribution in [-0.2, 0) is 9.53 Å². The lowest BCUT2D eigenvalue weighted by Gasteiger charge is -2.55. The Morgan fingerprint density at radius 1 is 0.710 bits per heavy atom. The Morgan fingerprint density at radius 2 is 1.26 bits per heavy atom. The molecule has 0 spiro atoms. The van der Waals surface area contributed by atoms with Crippen LogP contribution in [0.25, 0.3) is 0 Å². The van der Waals surface area contributed by atoms with Crippen LogP contribution in [0.5, 0.6) is 0 Å². The summed E-state index contributed by atoms with van der Waals surface area (Å²) in [4.78, 5) is 13.4. The molecule has 3 aliphatic rings. The molecule has 0 atom stereocenters. The average molecular weight is 433 g/mol. The summed E-state index contributed by atoms with van der Waals surface area (Å²) in [6.45, 7) is 2.30. The summed E-state index contributed by atoms with van der Waals surface area (Å²) in [5, 5.41) is 0. The van der Waals surface area contributed by atoms with E-state index in [1.54, 1.807) is 7.11 Å². The van der Waals surface area contributed by atoms with E-state index in [0.717, 1.165) is 24.7 Å². The fraction of sp³-hybridized carbons (Fsp3) is 0.966. The van der Waals surface area contributed by atoms with Gasteiger partial charge < -0.3 is 4.74 Å². The monoisotopic (exact) mass is 432 g/mol. The molecule has 180 valence electrons. The molecule has 0 saturated heterocycles. The predicted molar refractivity (Wildman–Crippen MR) is 131 cm³/mol. The van der Waals surface area contributed by atoms with Gasteiger partial charge >= 0.3 is 5.97 Å². The summed E-state index contributed by atoms with van der Waals surface area (Å²) >= 11 is 0. The molecule has 3 rings (SSSR count). The third kappa shape index (κ3) is 6.08. The van der Waals surface area contributed by atoms with Gasteiger partial charge in [-0.05, 0) is 62.2 Å². The summed E-state index contributed by atoms with van der Waals surface area (Å²) in [5.74, 6) is 2.05. The van der Waals surface area contributed by atoms with Crippen molar-refractivity contribution in [2.75, 3.05) is 7.11 Å². The Balaban J connectivity index is 1.67. The van der Waals surface area contributed by atoms with Gasteiger partial charge in [-0.1, -0.05) is 103 Å². The number of methoxy groups -OCH3 is 1. The Labute approximate surface area is 193 Å². The summed E-state index contributed by atoms with van der Waals surface area (Å²) in [7, 11) is 1.65. The molecule has 0 bridgehead atoms. The number of rotatable bonds is 11. The van der Waals surface area contributed by atoms with Crippen LogP contribution in [0.4, 0.5) is 0 Å². The molecule has 0 unspecified atom stereocenters. The van der Waals surface area contributed by atoms with Crippen molar-refractivity contribution >= 4 is 5.97 Å². The Morgan fingerprint density at radius 3 is 1.87 bits per heavy atom. The molecule has 0 aromatic carbocycles. The van der Waals surface area contributed by atoms with Crippen LogP contribution in [0.2, 0.25) is 0 Å². The molecule has 0 N–H and O–H groups in total. The van der Waals surface area contributed by atoms with E-state index in [0.29, 0.717) is 0 Å². The van der Waals surface area contributed by atoms with Crippen molar-refractivity contribution in [2.24, 2.45) is 22.7 Å². The van der Waals surface area contributed by atoms with Crippen LogP contribution >= 0.6 is 0 Å². The maximum Gasteiger partial charge on any atom is 0.312 e. The van der Waals surface area contributed by atoms with Crippen molar-refractivity contribution in [3.05, 3.63) is 0 Å². The van der Waals surface area contributed by atoms with E-state index in [2.05, 4.69) is 6.92 Å². The minimum atomic E-state index is -0.181. The van der Waals surface area contributed by atoms with Crippen molar-refractivity contribution < 1.29 is 9.53 Å². The Bertz CT molecular complexity index is 505. The quantitative estimate of drug-likeness (QED) is 0.240. The fourth-order valence-electron chi connectivity index (χ4n) is 7.96. The minimum absolute atomic E-state index is 0.145. The molecular formula is C29H52O2. The smallest absolute Gasteiger partial charge is 0.312 e. The first-order valence-electron chi connectivity index (χ1n) is 14.3. The van der Waals surface area contributed by atoms with Crippen LogP contribution < -0.4 is 0 Å². The third-order valence-electron chi connectivity index (χ3n) is 9.86. The second kappa shape index (κ2) is 12.6. The summed E-state index contributed by atoms with van der Waals surface area (Å²) in [5.41, 5.74) is 0.0366. The van der Waals surface area contributed by atoms with E-state index >= 15 is 0 Å². The van der Waals surface area contributed by atoms with Crippen LogP contribution in [0, 0.1) is 22.7 Å². The summed E-state index contributed by atoms with van der Waals surface area (Å²) in [6, 6.07) is 0. The predicted octanol–water partition coefficient (Wildman–Crippen LogP) is 9.01. The molecule has 0 heterocycles. The van der Waals surface area contributed by atoms with Gasteiger partial charge in [0.25, 0.3) is 0 Å². The number of carbonyl (C=O) groups excluding carboxylic acids is 1. The first-order valence-corrected chi connectivity index (χ1v) is 14.3. The Kier molecular flexibility index (Phi) is 10.2. The fourth-order valence-corrected chi connectivity index (χ4v) is 7.96. The maximum atomic E-state index is 13.4. The van der Waals surface area contributed by atoms with Gasteiger partial charge in [-0.15, -0.1) is 0 Å². The topological polar surface area (TPSA) is 26.3 Å². The zero-order chi connectivity index (χ0) is 22.0. The Hall–Kier alpha value is -0.530. The van der Waals surface area contributed by atoms with Gasteiger partial charge in [-0.2, -0.15) is 0 Å². The molecule has 0 aliphatic heterocycles. The van der Waals surface area contributed by atoms with Crippen molar-refractivity contribution in [2.45, 2.75) is 148 Å². The third-order valence-corrected chi connectivity index (χ3v) is 9.86. The zero-order valence-corrected chi connectivity index (χ0v) is 21.0. The highest BCUT2D eigenvalue weighted by Crippen LogP contribution is 2.61. The first kappa shape index (κ1) is 25.1. The van der Waals surface area contributed by atoms with Gasteiger partial charge in [-0.25, -0.2) is 0 Å². The highest BCUT2D eigenvalue weighted by atomic mass is 16.5. The SMILES string of the molecule is CCCCCCCCCC1(C2(C(=O)OC)CCCCC2)CCC(C2CCCCC2)CC1.